The van der Waals surface area contributed by atoms with E-state index < -0.39 is 0 Å². The molecule has 5 heteroatoms. The van der Waals surface area contributed by atoms with Gasteiger partial charge in [0.25, 0.3) is 0 Å². The van der Waals surface area contributed by atoms with Gasteiger partial charge in [-0.2, -0.15) is 0 Å². The number of benzene rings is 2. The zero-order valence-electron chi connectivity index (χ0n) is 13.8. The highest BCUT2D eigenvalue weighted by atomic mass is 79.9. The Hall–Kier alpha value is -1.85. The van der Waals surface area contributed by atoms with Crippen LogP contribution in [0, 0.1) is 0 Å². The lowest BCUT2D eigenvalue weighted by molar-refractivity contribution is -0.114. The Bertz CT molecular complexity index is 826. The summed E-state index contributed by atoms with van der Waals surface area (Å²) in [6.07, 6.45) is 4.46. The first kappa shape index (κ1) is 18.0. The Morgan fingerprint density at radius 3 is 1.64 bits per heavy atom. The zero-order valence-corrected chi connectivity index (χ0v) is 17.0. The SMILES string of the molecule is COc1ccc(Br)c(C=C2CC(=Cc3cc(OC)ccc3Br)C2=O)c1. The van der Waals surface area contributed by atoms with Crippen molar-refractivity contribution in [1.29, 1.82) is 0 Å². The van der Waals surface area contributed by atoms with Gasteiger partial charge in [0.05, 0.1) is 14.2 Å². The topological polar surface area (TPSA) is 35.5 Å². The van der Waals surface area contributed by atoms with E-state index in [0.29, 0.717) is 6.42 Å². The molecular formula is C20H16Br2O3. The third-order valence-electron chi connectivity index (χ3n) is 4.03. The van der Waals surface area contributed by atoms with E-state index in [1.807, 2.05) is 48.6 Å². The lowest BCUT2D eigenvalue weighted by atomic mass is 9.82. The van der Waals surface area contributed by atoms with E-state index in [1.54, 1.807) is 14.2 Å². The minimum atomic E-state index is 0.0736. The van der Waals surface area contributed by atoms with Crippen molar-refractivity contribution in [3.05, 3.63) is 67.6 Å². The van der Waals surface area contributed by atoms with E-state index >= 15 is 0 Å². The lowest BCUT2D eigenvalue weighted by Crippen LogP contribution is -2.18. The van der Waals surface area contributed by atoms with Gasteiger partial charge in [0.15, 0.2) is 5.78 Å². The molecule has 0 atom stereocenters. The Labute approximate surface area is 163 Å². The maximum absolute atomic E-state index is 12.5. The van der Waals surface area contributed by atoms with Crippen LogP contribution in [0.25, 0.3) is 12.2 Å². The molecule has 0 saturated heterocycles. The van der Waals surface area contributed by atoms with Crippen molar-refractivity contribution in [2.24, 2.45) is 0 Å². The number of hydrogen-bond donors (Lipinski definition) is 0. The zero-order chi connectivity index (χ0) is 18.0. The van der Waals surface area contributed by atoms with Gasteiger partial charge in [-0.15, -0.1) is 0 Å². The molecule has 2 aromatic rings. The molecule has 2 aromatic carbocycles. The molecule has 0 aromatic heterocycles. The molecule has 0 bridgehead atoms. The number of ketones is 1. The van der Waals surface area contributed by atoms with Crippen LogP contribution in [0.3, 0.4) is 0 Å². The van der Waals surface area contributed by atoms with Crippen LogP contribution in [-0.4, -0.2) is 20.0 Å². The predicted molar refractivity (Wildman–Crippen MR) is 107 cm³/mol. The fraction of sp³-hybridized carbons (Fsp3) is 0.150. The van der Waals surface area contributed by atoms with Crippen LogP contribution in [-0.2, 0) is 4.79 Å². The summed E-state index contributed by atoms with van der Waals surface area (Å²) in [4.78, 5) is 12.5. The second kappa shape index (κ2) is 7.58. The quantitative estimate of drug-likeness (QED) is 0.548. The number of methoxy groups -OCH3 is 2. The van der Waals surface area contributed by atoms with E-state index in [1.165, 1.54) is 0 Å². The third kappa shape index (κ3) is 3.88. The van der Waals surface area contributed by atoms with Gasteiger partial charge in [0.2, 0.25) is 0 Å². The Morgan fingerprint density at radius 1 is 0.840 bits per heavy atom. The highest BCUT2D eigenvalue weighted by Crippen LogP contribution is 2.35. The normalized spacial score (nSPS) is 16.9. The maximum Gasteiger partial charge on any atom is 0.185 e. The minimum Gasteiger partial charge on any atom is -0.497 e. The molecule has 3 rings (SSSR count). The number of hydrogen-bond acceptors (Lipinski definition) is 3. The smallest absolute Gasteiger partial charge is 0.185 e. The molecule has 1 aliphatic rings. The van der Waals surface area contributed by atoms with Gasteiger partial charge in [0, 0.05) is 26.5 Å². The molecule has 0 radical (unpaired) electrons. The summed E-state index contributed by atoms with van der Waals surface area (Å²) in [6, 6.07) is 11.4. The molecule has 1 aliphatic carbocycles. The van der Waals surface area contributed by atoms with Crippen molar-refractivity contribution < 1.29 is 14.3 Å². The van der Waals surface area contributed by atoms with Crippen molar-refractivity contribution in [3.8, 4) is 11.5 Å². The molecule has 1 saturated carbocycles. The first-order valence-corrected chi connectivity index (χ1v) is 9.23. The van der Waals surface area contributed by atoms with Gasteiger partial charge in [0.1, 0.15) is 11.5 Å². The minimum absolute atomic E-state index is 0.0736. The fourth-order valence-corrected chi connectivity index (χ4v) is 3.31. The Morgan fingerprint density at radius 2 is 1.28 bits per heavy atom. The Kier molecular flexibility index (Phi) is 5.45. The molecule has 25 heavy (non-hydrogen) atoms. The molecule has 3 nitrogen and oxygen atoms in total. The molecule has 0 spiro atoms. The summed E-state index contributed by atoms with van der Waals surface area (Å²) in [5.74, 6) is 1.60. The second-order valence-electron chi connectivity index (χ2n) is 5.62. The average Bonchev–Trinajstić information content (AvgIpc) is 2.63. The van der Waals surface area contributed by atoms with Crippen LogP contribution in [0.1, 0.15) is 17.5 Å². The van der Waals surface area contributed by atoms with Crippen LogP contribution < -0.4 is 9.47 Å². The van der Waals surface area contributed by atoms with Crippen LogP contribution in [0.15, 0.2) is 56.5 Å². The second-order valence-corrected chi connectivity index (χ2v) is 7.33. The summed E-state index contributed by atoms with van der Waals surface area (Å²) in [5.41, 5.74) is 3.45. The van der Waals surface area contributed by atoms with Gasteiger partial charge in [-0.1, -0.05) is 31.9 Å². The van der Waals surface area contributed by atoms with Gasteiger partial charge >= 0.3 is 0 Å². The number of Topliss-reactive ketones (excluding diaryl/α,β-unsaturated/α-hetero) is 1. The largest absolute Gasteiger partial charge is 0.497 e. The van der Waals surface area contributed by atoms with E-state index in [2.05, 4.69) is 31.9 Å². The highest BCUT2D eigenvalue weighted by molar-refractivity contribution is 9.10. The van der Waals surface area contributed by atoms with E-state index in [0.717, 1.165) is 42.7 Å². The Balaban J connectivity index is 1.84. The van der Waals surface area contributed by atoms with Gasteiger partial charge in [-0.25, -0.2) is 0 Å². The molecule has 0 aliphatic heterocycles. The standard InChI is InChI=1S/C20H16Br2O3/c1-24-16-3-5-18(21)12(10-16)7-14-9-15(20(14)23)8-13-11-17(25-2)4-6-19(13)22/h3-8,10-11H,9H2,1-2H3. The summed E-state index contributed by atoms with van der Waals surface area (Å²) in [7, 11) is 3.25. The molecule has 0 unspecified atom stereocenters. The molecule has 128 valence electrons. The molecule has 0 heterocycles. The van der Waals surface area contributed by atoms with E-state index in [9.17, 15) is 4.79 Å². The van der Waals surface area contributed by atoms with E-state index in [-0.39, 0.29) is 5.78 Å². The summed E-state index contributed by atoms with van der Waals surface area (Å²) in [5, 5.41) is 0. The van der Waals surface area contributed by atoms with Crippen molar-refractivity contribution in [2.75, 3.05) is 14.2 Å². The van der Waals surface area contributed by atoms with Crippen LogP contribution in [0.2, 0.25) is 0 Å². The lowest BCUT2D eigenvalue weighted by Gasteiger charge is -2.20. The third-order valence-corrected chi connectivity index (χ3v) is 5.47. The maximum atomic E-state index is 12.5. The fourth-order valence-electron chi connectivity index (χ4n) is 2.59. The van der Waals surface area contributed by atoms with Crippen molar-refractivity contribution >= 4 is 49.8 Å². The number of allylic oxidation sites excluding steroid dienone is 2. The first-order chi connectivity index (χ1) is 12.0. The van der Waals surface area contributed by atoms with Crippen molar-refractivity contribution in [2.45, 2.75) is 6.42 Å². The number of halogens is 2. The molecular weight excluding hydrogens is 448 g/mol. The van der Waals surface area contributed by atoms with E-state index in [4.69, 9.17) is 9.47 Å². The average molecular weight is 464 g/mol. The molecule has 0 amide bonds. The number of ether oxygens (including phenoxy) is 2. The number of rotatable bonds is 4. The highest BCUT2D eigenvalue weighted by Gasteiger charge is 2.27. The van der Waals surface area contributed by atoms with Gasteiger partial charge in [-0.3, -0.25) is 4.79 Å². The van der Waals surface area contributed by atoms with Crippen molar-refractivity contribution in [3.63, 3.8) is 0 Å². The molecule has 0 N–H and O–H groups in total. The van der Waals surface area contributed by atoms with Gasteiger partial charge < -0.3 is 9.47 Å². The molecule has 1 fully saturated rings. The van der Waals surface area contributed by atoms with Crippen LogP contribution >= 0.6 is 31.9 Å². The van der Waals surface area contributed by atoms with Crippen molar-refractivity contribution in [1.82, 2.24) is 0 Å². The monoisotopic (exact) mass is 462 g/mol. The number of carbonyl (C=O) groups excluding carboxylic acids is 1. The first-order valence-electron chi connectivity index (χ1n) is 7.64. The van der Waals surface area contributed by atoms with Gasteiger partial charge in [-0.05, 0) is 59.7 Å². The number of carbonyl (C=O) groups is 1. The van der Waals surface area contributed by atoms with Crippen LogP contribution in [0.4, 0.5) is 0 Å². The summed E-state index contributed by atoms with van der Waals surface area (Å²) in [6.45, 7) is 0. The van der Waals surface area contributed by atoms with Crippen LogP contribution in [0.5, 0.6) is 11.5 Å². The summed E-state index contributed by atoms with van der Waals surface area (Å²) >= 11 is 7.02. The predicted octanol–water partition coefficient (Wildman–Crippen LogP) is 5.67. The summed E-state index contributed by atoms with van der Waals surface area (Å²) < 4.78 is 12.3.